The molecule has 8 nitrogen and oxygen atoms in total. The fourth-order valence-electron chi connectivity index (χ4n) is 2.64. The molecule has 25 heavy (non-hydrogen) atoms. The lowest BCUT2D eigenvalue weighted by Crippen LogP contribution is -2.25. The first-order valence-corrected chi connectivity index (χ1v) is 8.05. The summed E-state index contributed by atoms with van der Waals surface area (Å²) in [7, 11) is 1.34. The van der Waals surface area contributed by atoms with E-state index in [1.165, 1.54) is 13.3 Å². The molecule has 1 N–H and O–H groups in total. The Labute approximate surface area is 145 Å². The molecule has 0 aromatic carbocycles. The molecule has 0 saturated carbocycles. The number of rotatable bonds is 7. The SMILES string of the molecule is COC(=O)CCCNC(=O)CCc1c(C)nc2c(C#N)cnn2c1C. The minimum absolute atomic E-state index is 0.0815. The molecular formula is C17H21N5O3. The van der Waals surface area contributed by atoms with Crippen LogP contribution in [0.1, 0.15) is 41.8 Å². The van der Waals surface area contributed by atoms with Gasteiger partial charge >= 0.3 is 5.97 Å². The Hall–Kier alpha value is -2.95. The van der Waals surface area contributed by atoms with E-state index >= 15 is 0 Å². The van der Waals surface area contributed by atoms with E-state index in [0.717, 1.165) is 17.0 Å². The molecular weight excluding hydrogens is 322 g/mol. The standard InChI is InChI=1S/C17H21N5O3/c1-11-14(6-7-15(23)19-8-4-5-16(24)25-3)12(2)22-17(21-11)13(9-18)10-20-22/h10H,4-8H2,1-3H3,(H,19,23). The fourth-order valence-corrected chi connectivity index (χ4v) is 2.64. The van der Waals surface area contributed by atoms with Crippen molar-refractivity contribution in [3.05, 3.63) is 28.7 Å². The van der Waals surface area contributed by atoms with Gasteiger partial charge < -0.3 is 10.1 Å². The summed E-state index contributed by atoms with van der Waals surface area (Å²) in [6.07, 6.45) is 3.18. The number of esters is 1. The highest BCUT2D eigenvalue weighted by Gasteiger charge is 2.14. The van der Waals surface area contributed by atoms with Crippen LogP contribution >= 0.6 is 0 Å². The lowest BCUT2D eigenvalue weighted by atomic mass is 10.1. The molecule has 0 aliphatic carbocycles. The van der Waals surface area contributed by atoms with E-state index in [1.54, 1.807) is 4.52 Å². The third-order valence-electron chi connectivity index (χ3n) is 4.04. The van der Waals surface area contributed by atoms with Crippen molar-refractivity contribution in [2.45, 2.75) is 39.5 Å². The lowest BCUT2D eigenvalue weighted by Gasteiger charge is -2.11. The second-order valence-corrected chi connectivity index (χ2v) is 5.70. The van der Waals surface area contributed by atoms with Crippen LogP contribution < -0.4 is 5.32 Å². The molecule has 0 saturated heterocycles. The normalized spacial score (nSPS) is 10.5. The number of carbonyl (C=O) groups excluding carboxylic acids is 2. The quantitative estimate of drug-likeness (QED) is 0.598. The molecule has 0 spiro atoms. The van der Waals surface area contributed by atoms with Gasteiger partial charge in [-0.15, -0.1) is 0 Å². The number of aromatic nitrogens is 3. The molecule has 2 heterocycles. The van der Waals surface area contributed by atoms with Crippen LogP contribution in [0.2, 0.25) is 0 Å². The maximum absolute atomic E-state index is 12.0. The van der Waals surface area contributed by atoms with Crippen LogP contribution in [0.4, 0.5) is 0 Å². The van der Waals surface area contributed by atoms with Crippen molar-refractivity contribution in [1.29, 1.82) is 5.26 Å². The number of carbonyl (C=O) groups is 2. The van der Waals surface area contributed by atoms with E-state index in [4.69, 9.17) is 5.26 Å². The zero-order valence-corrected chi connectivity index (χ0v) is 14.6. The monoisotopic (exact) mass is 343 g/mol. The van der Waals surface area contributed by atoms with Crippen LogP contribution in [0, 0.1) is 25.2 Å². The number of nitrogens with zero attached hydrogens (tertiary/aromatic N) is 4. The Balaban J connectivity index is 1.96. The van der Waals surface area contributed by atoms with Gasteiger partial charge in [0.25, 0.3) is 0 Å². The van der Waals surface area contributed by atoms with Gasteiger partial charge in [-0.05, 0) is 32.3 Å². The van der Waals surface area contributed by atoms with E-state index in [1.807, 2.05) is 13.8 Å². The molecule has 8 heteroatoms. The summed E-state index contributed by atoms with van der Waals surface area (Å²) in [5, 5.41) is 16.1. The van der Waals surface area contributed by atoms with Gasteiger partial charge in [-0.3, -0.25) is 9.59 Å². The molecule has 0 radical (unpaired) electrons. The second kappa shape index (κ2) is 8.24. The molecule has 2 aromatic rings. The van der Waals surface area contributed by atoms with Crippen LogP contribution in [0.5, 0.6) is 0 Å². The predicted molar refractivity (Wildman–Crippen MR) is 89.8 cm³/mol. The van der Waals surface area contributed by atoms with Gasteiger partial charge in [-0.25, -0.2) is 9.50 Å². The zero-order valence-electron chi connectivity index (χ0n) is 14.6. The number of fused-ring (bicyclic) bond motifs is 1. The molecule has 2 aromatic heterocycles. The van der Waals surface area contributed by atoms with Gasteiger partial charge in [0.1, 0.15) is 11.6 Å². The molecule has 2 rings (SSSR count). The Morgan fingerprint density at radius 1 is 1.36 bits per heavy atom. The number of ether oxygens (including phenoxy) is 1. The number of aryl methyl sites for hydroxylation is 2. The maximum atomic E-state index is 12.0. The van der Waals surface area contributed by atoms with Crippen molar-refractivity contribution < 1.29 is 14.3 Å². The first-order chi connectivity index (χ1) is 12.0. The summed E-state index contributed by atoms with van der Waals surface area (Å²) in [5.74, 6) is -0.363. The molecule has 0 aliphatic heterocycles. The smallest absolute Gasteiger partial charge is 0.305 e. The van der Waals surface area contributed by atoms with Gasteiger partial charge in [-0.1, -0.05) is 0 Å². The Kier molecular flexibility index (Phi) is 6.06. The van der Waals surface area contributed by atoms with Crippen LogP contribution in [-0.2, 0) is 20.7 Å². The van der Waals surface area contributed by atoms with Crippen molar-refractivity contribution >= 4 is 17.5 Å². The van der Waals surface area contributed by atoms with Crippen LogP contribution in [0.25, 0.3) is 5.65 Å². The first-order valence-electron chi connectivity index (χ1n) is 8.05. The van der Waals surface area contributed by atoms with Crippen LogP contribution in [0.3, 0.4) is 0 Å². The molecule has 0 bridgehead atoms. The largest absolute Gasteiger partial charge is 0.469 e. The molecule has 1 amide bonds. The molecule has 0 atom stereocenters. The van der Waals surface area contributed by atoms with Crippen LogP contribution in [0.15, 0.2) is 6.20 Å². The highest BCUT2D eigenvalue weighted by Crippen LogP contribution is 2.18. The average Bonchev–Trinajstić information content (AvgIpc) is 3.01. The van der Waals surface area contributed by atoms with E-state index < -0.39 is 0 Å². The number of hydrogen-bond acceptors (Lipinski definition) is 6. The summed E-state index contributed by atoms with van der Waals surface area (Å²) >= 11 is 0. The van der Waals surface area contributed by atoms with E-state index in [9.17, 15) is 9.59 Å². The molecule has 0 aliphatic rings. The molecule has 0 fully saturated rings. The third kappa shape index (κ3) is 4.32. The highest BCUT2D eigenvalue weighted by atomic mass is 16.5. The Morgan fingerprint density at radius 3 is 2.80 bits per heavy atom. The van der Waals surface area contributed by atoms with Gasteiger partial charge in [-0.2, -0.15) is 10.4 Å². The summed E-state index contributed by atoms with van der Waals surface area (Å²) < 4.78 is 6.18. The van der Waals surface area contributed by atoms with Crippen molar-refractivity contribution in [3.63, 3.8) is 0 Å². The molecule has 0 unspecified atom stereocenters. The Morgan fingerprint density at radius 2 is 2.12 bits per heavy atom. The van der Waals surface area contributed by atoms with Crippen molar-refractivity contribution in [1.82, 2.24) is 19.9 Å². The number of nitriles is 1. The van der Waals surface area contributed by atoms with Gasteiger partial charge in [0.05, 0.1) is 13.3 Å². The second-order valence-electron chi connectivity index (χ2n) is 5.70. The summed E-state index contributed by atoms with van der Waals surface area (Å²) in [6.45, 7) is 4.21. The van der Waals surface area contributed by atoms with Gasteiger partial charge in [0.2, 0.25) is 5.91 Å². The first kappa shape index (κ1) is 18.4. The maximum Gasteiger partial charge on any atom is 0.305 e. The highest BCUT2D eigenvalue weighted by molar-refractivity contribution is 5.76. The van der Waals surface area contributed by atoms with Crippen molar-refractivity contribution in [3.8, 4) is 6.07 Å². The third-order valence-corrected chi connectivity index (χ3v) is 4.04. The van der Waals surface area contributed by atoms with Crippen LogP contribution in [-0.4, -0.2) is 40.1 Å². The Bertz CT molecular complexity index is 835. The zero-order chi connectivity index (χ0) is 18.4. The van der Waals surface area contributed by atoms with Crippen molar-refractivity contribution in [2.24, 2.45) is 0 Å². The van der Waals surface area contributed by atoms with Gasteiger partial charge in [0.15, 0.2) is 5.65 Å². The summed E-state index contributed by atoms with van der Waals surface area (Å²) in [4.78, 5) is 27.4. The van der Waals surface area contributed by atoms with Crippen molar-refractivity contribution in [2.75, 3.05) is 13.7 Å². The van der Waals surface area contributed by atoms with Gasteiger partial charge in [0, 0.05) is 30.8 Å². The summed E-state index contributed by atoms with van der Waals surface area (Å²) in [6, 6.07) is 2.07. The lowest BCUT2D eigenvalue weighted by molar-refractivity contribution is -0.140. The minimum atomic E-state index is -0.282. The topological polar surface area (TPSA) is 109 Å². The number of nitrogens with one attached hydrogen (secondary N) is 1. The minimum Gasteiger partial charge on any atom is -0.469 e. The number of hydrogen-bond donors (Lipinski definition) is 1. The predicted octanol–water partition coefficient (Wildman–Crippen LogP) is 1.22. The number of amides is 1. The van der Waals surface area contributed by atoms with E-state index in [2.05, 4.69) is 26.2 Å². The van der Waals surface area contributed by atoms with E-state index in [0.29, 0.717) is 37.0 Å². The number of methoxy groups -OCH3 is 1. The molecule has 132 valence electrons. The van der Waals surface area contributed by atoms with E-state index in [-0.39, 0.29) is 18.3 Å². The fraction of sp³-hybridized carbons (Fsp3) is 0.471. The average molecular weight is 343 g/mol. The summed E-state index contributed by atoms with van der Waals surface area (Å²) in [5.41, 5.74) is 3.59.